The molecule has 1 fully saturated rings. The SMILES string of the molecule is CS(=O)(=O)N1CCN(c2cccc(NC(=O)c3ccccc3Cl)c2)CC1. The van der Waals surface area contributed by atoms with Crippen LogP contribution in [0.3, 0.4) is 0 Å². The van der Waals surface area contributed by atoms with Gasteiger partial charge in [-0.2, -0.15) is 4.31 Å². The van der Waals surface area contributed by atoms with Crippen molar-refractivity contribution in [1.29, 1.82) is 0 Å². The summed E-state index contributed by atoms with van der Waals surface area (Å²) in [5.41, 5.74) is 2.02. The Labute approximate surface area is 158 Å². The number of hydrogen-bond donors (Lipinski definition) is 1. The number of amides is 1. The van der Waals surface area contributed by atoms with E-state index in [1.54, 1.807) is 24.3 Å². The van der Waals surface area contributed by atoms with E-state index in [0.717, 1.165) is 5.69 Å². The van der Waals surface area contributed by atoms with Crippen molar-refractivity contribution in [2.75, 3.05) is 42.7 Å². The lowest BCUT2D eigenvalue weighted by atomic mass is 10.2. The van der Waals surface area contributed by atoms with E-state index in [2.05, 4.69) is 10.2 Å². The van der Waals surface area contributed by atoms with Gasteiger partial charge in [0.25, 0.3) is 5.91 Å². The smallest absolute Gasteiger partial charge is 0.257 e. The fourth-order valence-corrected chi connectivity index (χ4v) is 3.95. The monoisotopic (exact) mass is 393 g/mol. The summed E-state index contributed by atoms with van der Waals surface area (Å²) < 4.78 is 24.7. The first-order valence-electron chi connectivity index (χ1n) is 8.20. The zero-order valence-corrected chi connectivity index (χ0v) is 15.9. The lowest BCUT2D eigenvalue weighted by molar-refractivity contribution is 0.102. The van der Waals surface area contributed by atoms with E-state index in [1.807, 2.05) is 24.3 Å². The van der Waals surface area contributed by atoms with Crippen LogP contribution in [0.2, 0.25) is 5.02 Å². The summed E-state index contributed by atoms with van der Waals surface area (Å²) in [7, 11) is -3.15. The molecule has 6 nitrogen and oxygen atoms in total. The third-order valence-electron chi connectivity index (χ3n) is 4.30. The van der Waals surface area contributed by atoms with Crippen LogP contribution in [0.1, 0.15) is 10.4 Å². The van der Waals surface area contributed by atoms with Crippen LogP contribution in [0.15, 0.2) is 48.5 Å². The molecule has 1 aliphatic rings. The normalized spacial score (nSPS) is 15.7. The molecular weight excluding hydrogens is 374 g/mol. The van der Waals surface area contributed by atoms with Crippen molar-refractivity contribution in [3.05, 3.63) is 59.1 Å². The van der Waals surface area contributed by atoms with E-state index in [-0.39, 0.29) is 5.91 Å². The maximum atomic E-state index is 12.4. The average molecular weight is 394 g/mol. The van der Waals surface area contributed by atoms with Crippen LogP contribution in [-0.4, -0.2) is 51.1 Å². The summed E-state index contributed by atoms with van der Waals surface area (Å²) in [5, 5.41) is 3.26. The van der Waals surface area contributed by atoms with Gasteiger partial charge in [0.1, 0.15) is 0 Å². The number of piperazine rings is 1. The van der Waals surface area contributed by atoms with E-state index in [1.165, 1.54) is 10.6 Å². The standard InChI is InChI=1S/C18H20ClN3O3S/c1-26(24,25)22-11-9-21(10-12-22)15-6-4-5-14(13-15)20-18(23)16-7-2-3-8-17(16)19/h2-8,13H,9-12H2,1H3,(H,20,23). The minimum atomic E-state index is -3.15. The van der Waals surface area contributed by atoms with E-state index in [0.29, 0.717) is 42.5 Å². The van der Waals surface area contributed by atoms with E-state index < -0.39 is 10.0 Å². The molecule has 2 aromatic carbocycles. The molecule has 1 aliphatic heterocycles. The second kappa shape index (κ2) is 7.65. The zero-order valence-electron chi connectivity index (χ0n) is 14.4. The van der Waals surface area contributed by atoms with Crippen LogP contribution in [0.25, 0.3) is 0 Å². The number of nitrogens with one attached hydrogen (secondary N) is 1. The van der Waals surface area contributed by atoms with Gasteiger partial charge in [-0.3, -0.25) is 4.79 Å². The van der Waals surface area contributed by atoms with Gasteiger partial charge in [-0.05, 0) is 30.3 Å². The number of halogens is 1. The largest absolute Gasteiger partial charge is 0.369 e. The first-order chi connectivity index (χ1) is 12.3. The Balaban J connectivity index is 1.69. The van der Waals surface area contributed by atoms with Gasteiger partial charge in [0.2, 0.25) is 10.0 Å². The molecule has 0 radical (unpaired) electrons. The number of hydrogen-bond acceptors (Lipinski definition) is 4. The minimum Gasteiger partial charge on any atom is -0.369 e. The highest BCUT2D eigenvalue weighted by Gasteiger charge is 2.23. The van der Waals surface area contributed by atoms with Gasteiger partial charge >= 0.3 is 0 Å². The fraction of sp³-hybridized carbons (Fsp3) is 0.278. The number of nitrogens with zero attached hydrogens (tertiary/aromatic N) is 2. The molecule has 1 heterocycles. The molecule has 0 bridgehead atoms. The van der Waals surface area contributed by atoms with Crippen molar-refractivity contribution in [3.8, 4) is 0 Å². The molecule has 138 valence electrons. The third kappa shape index (κ3) is 4.35. The molecule has 2 aromatic rings. The van der Waals surface area contributed by atoms with Crippen molar-refractivity contribution in [2.24, 2.45) is 0 Å². The quantitative estimate of drug-likeness (QED) is 0.867. The Morgan fingerprint density at radius 3 is 2.38 bits per heavy atom. The molecule has 1 saturated heterocycles. The summed E-state index contributed by atoms with van der Waals surface area (Å²) in [6.45, 7) is 2.12. The Morgan fingerprint density at radius 2 is 1.73 bits per heavy atom. The molecule has 0 spiro atoms. The van der Waals surface area contributed by atoms with Crippen molar-refractivity contribution in [1.82, 2.24) is 4.31 Å². The van der Waals surface area contributed by atoms with Gasteiger partial charge in [0, 0.05) is 37.6 Å². The van der Waals surface area contributed by atoms with Gasteiger partial charge in [0.15, 0.2) is 0 Å². The molecule has 0 aromatic heterocycles. The van der Waals surface area contributed by atoms with Crippen LogP contribution >= 0.6 is 11.6 Å². The molecule has 26 heavy (non-hydrogen) atoms. The number of sulfonamides is 1. The number of rotatable bonds is 4. The van der Waals surface area contributed by atoms with Gasteiger partial charge in [-0.1, -0.05) is 29.8 Å². The summed E-state index contributed by atoms with van der Waals surface area (Å²) >= 11 is 6.07. The summed E-state index contributed by atoms with van der Waals surface area (Å²) in [6, 6.07) is 14.4. The Hall–Kier alpha value is -2.09. The highest BCUT2D eigenvalue weighted by Crippen LogP contribution is 2.23. The predicted octanol–water partition coefficient (Wildman–Crippen LogP) is 2.67. The Bertz CT molecular complexity index is 909. The summed E-state index contributed by atoms with van der Waals surface area (Å²) in [4.78, 5) is 14.5. The van der Waals surface area contributed by atoms with E-state index >= 15 is 0 Å². The summed E-state index contributed by atoms with van der Waals surface area (Å²) in [5.74, 6) is -0.269. The number of anilines is 2. The van der Waals surface area contributed by atoms with Gasteiger partial charge in [-0.25, -0.2) is 8.42 Å². The molecule has 3 rings (SSSR count). The van der Waals surface area contributed by atoms with Crippen LogP contribution in [0, 0.1) is 0 Å². The summed E-state index contributed by atoms with van der Waals surface area (Å²) in [6.07, 6.45) is 1.23. The number of carbonyl (C=O) groups excluding carboxylic acids is 1. The van der Waals surface area contributed by atoms with E-state index in [9.17, 15) is 13.2 Å². The maximum absolute atomic E-state index is 12.4. The van der Waals surface area contributed by atoms with Crippen LogP contribution in [0.4, 0.5) is 11.4 Å². The van der Waals surface area contributed by atoms with Crippen molar-refractivity contribution in [3.63, 3.8) is 0 Å². The topological polar surface area (TPSA) is 69.7 Å². The Morgan fingerprint density at radius 1 is 1.04 bits per heavy atom. The highest BCUT2D eigenvalue weighted by atomic mass is 35.5. The first kappa shape index (κ1) is 18.7. The van der Waals surface area contributed by atoms with Gasteiger partial charge < -0.3 is 10.2 Å². The molecule has 0 aliphatic carbocycles. The molecule has 0 atom stereocenters. The van der Waals surface area contributed by atoms with Crippen LogP contribution in [0.5, 0.6) is 0 Å². The van der Waals surface area contributed by atoms with Crippen molar-refractivity contribution < 1.29 is 13.2 Å². The third-order valence-corrected chi connectivity index (χ3v) is 5.93. The van der Waals surface area contributed by atoms with Crippen molar-refractivity contribution >= 4 is 38.9 Å². The second-order valence-electron chi connectivity index (χ2n) is 6.13. The Kier molecular flexibility index (Phi) is 5.50. The highest BCUT2D eigenvalue weighted by molar-refractivity contribution is 7.88. The lowest BCUT2D eigenvalue weighted by Crippen LogP contribution is -2.48. The fourth-order valence-electron chi connectivity index (χ4n) is 2.90. The molecular formula is C18H20ClN3O3S. The van der Waals surface area contributed by atoms with E-state index in [4.69, 9.17) is 11.6 Å². The van der Waals surface area contributed by atoms with Crippen molar-refractivity contribution in [2.45, 2.75) is 0 Å². The maximum Gasteiger partial charge on any atom is 0.257 e. The lowest BCUT2D eigenvalue weighted by Gasteiger charge is -2.34. The number of carbonyl (C=O) groups is 1. The number of benzene rings is 2. The van der Waals surface area contributed by atoms with Gasteiger partial charge in [0.05, 0.1) is 16.8 Å². The second-order valence-corrected chi connectivity index (χ2v) is 8.52. The molecule has 0 unspecified atom stereocenters. The molecule has 8 heteroatoms. The average Bonchev–Trinajstić information content (AvgIpc) is 2.61. The van der Waals surface area contributed by atoms with Gasteiger partial charge in [-0.15, -0.1) is 0 Å². The van der Waals surface area contributed by atoms with Crippen LogP contribution < -0.4 is 10.2 Å². The predicted molar refractivity (Wildman–Crippen MR) is 104 cm³/mol. The zero-order chi connectivity index (χ0) is 18.7. The first-order valence-corrected chi connectivity index (χ1v) is 10.4. The molecule has 0 saturated carbocycles. The minimum absolute atomic E-state index is 0.269. The molecule has 1 N–H and O–H groups in total. The molecule has 1 amide bonds. The van der Waals surface area contributed by atoms with Crippen LogP contribution in [-0.2, 0) is 10.0 Å².